The molecule has 2 aromatic heterocycles. The number of carbonyl (C=O) groups excluding carboxylic acids is 1. The van der Waals surface area contributed by atoms with Crippen molar-refractivity contribution in [1.29, 1.82) is 0 Å². The standard InChI is InChI=1S/C23H30ClN5O3/c1-4-5-6-14-28-20-19(26-22(24)27-20)21(31)29(23(28)32)16(3)8-7-9-18(30)25-17-12-10-15(2)11-13-17/h10-13,16H,4-9,14H2,1-3H3,(H,25,30)(H,26,27). The number of fused-ring (bicyclic) bond motifs is 1. The number of unbranched alkanes of at least 4 members (excludes halogenated alkanes) is 2. The Hall–Kier alpha value is -2.87. The zero-order chi connectivity index (χ0) is 23.3. The van der Waals surface area contributed by atoms with Gasteiger partial charge in [-0.15, -0.1) is 0 Å². The van der Waals surface area contributed by atoms with Crippen molar-refractivity contribution < 1.29 is 4.79 Å². The molecule has 1 aromatic carbocycles. The summed E-state index contributed by atoms with van der Waals surface area (Å²) < 4.78 is 2.77. The molecule has 172 valence electrons. The number of carbonyl (C=O) groups is 1. The molecule has 2 heterocycles. The number of nitrogens with zero attached hydrogens (tertiary/aromatic N) is 3. The van der Waals surface area contributed by atoms with Crippen molar-refractivity contribution in [2.75, 3.05) is 5.32 Å². The summed E-state index contributed by atoms with van der Waals surface area (Å²) in [5.41, 5.74) is 1.57. The molecule has 0 bridgehead atoms. The number of hydrogen-bond acceptors (Lipinski definition) is 4. The second-order valence-electron chi connectivity index (χ2n) is 8.20. The highest BCUT2D eigenvalue weighted by Crippen LogP contribution is 2.16. The van der Waals surface area contributed by atoms with Crippen LogP contribution in [-0.2, 0) is 11.3 Å². The molecule has 0 aliphatic carbocycles. The van der Waals surface area contributed by atoms with Gasteiger partial charge in [-0.3, -0.25) is 18.7 Å². The lowest BCUT2D eigenvalue weighted by molar-refractivity contribution is -0.116. The van der Waals surface area contributed by atoms with E-state index in [2.05, 4.69) is 22.2 Å². The maximum absolute atomic E-state index is 13.2. The van der Waals surface area contributed by atoms with Crippen LogP contribution in [0.15, 0.2) is 33.9 Å². The molecule has 8 nitrogen and oxygen atoms in total. The lowest BCUT2D eigenvalue weighted by Crippen LogP contribution is -2.42. The van der Waals surface area contributed by atoms with E-state index >= 15 is 0 Å². The lowest BCUT2D eigenvalue weighted by Gasteiger charge is -2.17. The Labute approximate surface area is 191 Å². The number of aryl methyl sites for hydroxylation is 2. The molecular weight excluding hydrogens is 430 g/mol. The SMILES string of the molecule is CCCCCn1c(=O)n(C(C)CCCC(=O)Nc2ccc(C)cc2)c(=O)c2[nH]c(Cl)nc21. The molecule has 1 amide bonds. The maximum atomic E-state index is 13.2. The summed E-state index contributed by atoms with van der Waals surface area (Å²) in [6.07, 6.45) is 4.15. The molecule has 32 heavy (non-hydrogen) atoms. The van der Waals surface area contributed by atoms with Crippen molar-refractivity contribution in [3.05, 3.63) is 56.0 Å². The third-order valence-corrected chi connectivity index (χ3v) is 5.75. The van der Waals surface area contributed by atoms with Crippen molar-refractivity contribution in [3.8, 4) is 0 Å². The molecule has 3 rings (SSSR count). The molecule has 1 atom stereocenters. The highest BCUT2D eigenvalue weighted by atomic mass is 35.5. The highest BCUT2D eigenvalue weighted by molar-refractivity contribution is 6.28. The lowest BCUT2D eigenvalue weighted by atomic mass is 10.1. The minimum atomic E-state index is -0.437. The topological polar surface area (TPSA) is 102 Å². The average molecular weight is 460 g/mol. The fourth-order valence-corrected chi connectivity index (χ4v) is 3.94. The Morgan fingerprint density at radius 1 is 1.19 bits per heavy atom. The first kappa shape index (κ1) is 23.8. The predicted octanol–water partition coefficient (Wildman–Crippen LogP) is 4.41. The van der Waals surface area contributed by atoms with Crippen LogP contribution >= 0.6 is 11.6 Å². The van der Waals surface area contributed by atoms with E-state index in [4.69, 9.17) is 11.6 Å². The van der Waals surface area contributed by atoms with Gasteiger partial charge >= 0.3 is 5.69 Å². The van der Waals surface area contributed by atoms with Gasteiger partial charge in [-0.2, -0.15) is 4.98 Å². The van der Waals surface area contributed by atoms with Crippen LogP contribution in [0.2, 0.25) is 5.28 Å². The molecule has 0 saturated heterocycles. The van der Waals surface area contributed by atoms with Crippen molar-refractivity contribution in [2.24, 2.45) is 0 Å². The van der Waals surface area contributed by atoms with Gasteiger partial charge in [0.15, 0.2) is 11.2 Å². The number of amides is 1. The quantitative estimate of drug-likeness (QED) is 0.346. The van der Waals surface area contributed by atoms with Gasteiger partial charge in [0.1, 0.15) is 0 Å². The fraction of sp³-hybridized carbons (Fsp3) is 0.478. The number of imidazole rings is 1. The van der Waals surface area contributed by atoms with Crippen LogP contribution in [0.3, 0.4) is 0 Å². The molecule has 0 fully saturated rings. The summed E-state index contributed by atoms with van der Waals surface area (Å²) >= 11 is 5.99. The third kappa shape index (κ3) is 5.48. The zero-order valence-corrected chi connectivity index (χ0v) is 19.5. The number of anilines is 1. The second-order valence-corrected chi connectivity index (χ2v) is 8.56. The second kappa shape index (κ2) is 10.6. The van der Waals surface area contributed by atoms with E-state index in [1.165, 1.54) is 9.13 Å². The van der Waals surface area contributed by atoms with E-state index in [1.807, 2.05) is 38.1 Å². The summed E-state index contributed by atoms with van der Waals surface area (Å²) in [5.74, 6) is -0.0961. The summed E-state index contributed by atoms with van der Waals surface area (Å²) in [5, 5.41) is 2.95. The first-order valence-electron chi connectivity index (χ1n) is 11.1. The minimum Gasteiger partial charge on any atom is -0.326 e. The molecule has 0 saturated carbocycles. The Balaban J connectivity index is 1.73. The minimum absolute atomic E-state index is 0.0823. The predicted molar refractivity (Wildman–Crippen MR) is 128 cm³/mol. The summed E-state index contributed by atoms with van der Waals surface area (Å²) in [7, 11) is 0. The molecular formula is C23H30ClN5O3. The molecule has 1 unspecified atom stereocenters. The van der Waals surface area contributed by atoms with E-state index in [1.54, 1.807) is 0 Å². The third-order valence-electron chi connectivity index (χ3n) is 5.57. The van der Waals surface area contributed by atoms with E-state index in [0.717, 1.165) is 30.5 Å². The van der Waals surface area contributed by atoms with Crippen molar-refractivity contribution in [1.82, 2.24) is 19.1 Å². The molecule has 0 aliphatic rings. The summed E-state index contributed by atoms with van der Waals surface area (Å²) in [6, 6.07) is 7.23. The van der Waals surface area contributed by atoms with Gasteiger partial charge in [-0.1, -0.05) is 37.5 Å². The van der Waals surface area contributed by atoms with Gasteiger partial charge in [-0.25, -0.2) is 4.79 Å². The number of benzene rings is 1. The van der Waals surface area contributed by atoms with Crippen molar-refractivity contribution >= 4 is 34.4 Å². The Bertz CT molecular complexity index is 1190. The van der Waals surface area contributed by atoms with Crippen LogP contribution in [0.5, 0.6) is 0 Å². The van der Waals surface area contributed by atoms with E-state index in [-0.39, 0.29) is 22.7 Å². The van der Waals surface area contributed by atoms with Gasteiger partial charge in [0.25, 0.3) is 5.56 Å². The maximum Gasteiger partial charge on any atom is 0.332 e. The van der Waals surface area contributed by atoms with Gasteiger partial charge in [-0.05, 0) is 56.8 Å². The van der Waals surface area contributed by atoms with Gasteiger partial charge in [0, 0.05) is 24.7 Å². The monoisotopic (exact) mass is 459 g/mol. The molecule has 0 aliphatic heterocycles. The number of nitrogens with one attached hydrogen (secondary N) is 2. The highest BCUT2D eigenvalue weighted by Gasteiger charge is 2.20. The molecule has 3 aromatic rings. The number of H-pyrrole nitrogens is 1. The van der Waals surface area contributed by atoms with Crippen LogP contribution in [0.1, 0.15) is 64.0 Å². The largest absolute Gasteiger partial charge is 0.332 e. The van der Waals surface area contributed by atoms with Gasteiger partial charge in [0.2, 0.25) is 11.2 Å². The van der Waals surface area contributed by atoms with Crippen LogP contribution in [-0.4, -0.2) is 25.0 Å². The van der Waals surface area contributed by atoms with Crippen LogP contribution < -0.4 is 16.6 Å². The van der Waals surface area contributed by atoms with Gasteiger partial charge < -0.3 is 10.3 Å². The Morgan fingerprint density at radius 3 is 2.59 bits per heavy atom. The fourth-order valence-electron chi connectivity index (χ4n) is 3.77. The normalized spacial score (nSPS) is 12.2. The van der Waals surface area contributed by atoms with Gasteiger partial charge in [0.05, 0.1) is 0 Å². The molecule has 0 radical (unpaired) electrons. The molecule has 9 heteroatoms. The van der Waals surface area contributed by atoms with Crippen LogP contribution in [0.4, 0.5) is 5.69 Å². The number of halogens is 1. The average Bonchev–Trinajstić information content (AvgIpc) is 3.14. The van der Waals surface area contributed by atoms with E-state index < -0.39 is 11.2 Å². The molecule has 0 spiro atoms. The van der Waals surface area contributed by atoms with Crippen LogP contribution in [0.25, 0.3) is 11.2 Å². The van der Waals surface area contributed by atoms with E-state index in [9.17, 15) is 14.4 Å². The zero-order valence-electron chi connectivity index (χ0n) is 18.8. The Kier molecular flexibility index (Phi) is 7.90. The van der Waals surface area contributed by atoms with Crippen LogP contribution in [0, 0.1) is 6.92 Å². The van der Waals surface area contributed by atoms with Crippen molar-refractivity contribution in [3.63, 3.8) is 0 Å². The van der Waals surface area contributed by atoms with E-state index in [0.29, 0.717) is 31.5 Å². The first-order valence-corrected chi connectivity index (χ1v) is 11.5. The summed E-state index contributed by atoms with van der Waals surface area (Å²) in [4.78, 5) is 45.3. The molecule has 2 N–H and O–H groups in total. The summed E-state index contributed by atoms with van der Waals surface area (Å²) in [6.45, 7) is 6.36. The number of hydrogen-bond donors (Lipinski definition) is 2. The van der Waals surface area contributed by atoms with Crippen molar-refractivity contribution in [2.45, 2.75) is 71.9 Å². The smallest absolute Gasteiger partial charge is 0.326 e. The first-order chi connectivity index (χ1) is 15.3. The number of aromatic nitrogens is 4. The number of rotatable bonds is 10. The Morgan fingerprint density at radius 2 is 1.91 bits per heavy atom. The number of aromatic amines is 1.